The first kappa shape index (κ1) is 12.1. The molecule has 0 amide bonds. The van der Waals surface area contributed by atoms with Gasteiger partial charge < -0.3 is 10.1 Å². The third-order valence-electron chi connectivity index (χ3n) is 2.84. The molecule has 2 N–H and O–H groups in total. The quantitative estimate of drug-likeness (QED) is 0.564. The number of benzene rings is 1. The maximum absolute atomic E-state index is 10.3. The normalized spacial score (nSPS) is 12.7. The highest BCUT2D eigenvalue weighted by molar-refractivity contribution is 7.98. The van der Waals surface area contributed by atoms with E-state index >= 15 is 0 Å². The van der Waals surface area contributed by atoms with Crippen LogP contribution >= 0.6 is 11.8 Å². The number of rotatable bonds is 3. The van der Waals surface area contributed by atoms with E-state index in [0.717, 1.165) is 16.1 Å². The first-order chi connectivity index (χ1) is 9.29. The number of aliphatic hydroxyl groups excluding tert-OH is 1. The predicted octanol–water partition coefficient (Wildman–Crippen LogP) is 2.16. The zero-order valence-electron chi connectivity index (χ0n) is 10.2. The number of aliphatic hydroxyl groups is 1. The van der Waals surface area contributed by atoms with Crippen molar-refractivity contribution in [1.82, 2.24) is 19.9 Å². The Morgan fingerprint density at radius 3 is 2.74 bits per heavy atom. The van der Waals surface area contributed by atoms with Gasteiger partial charge in [-0.25, -0.2) is 15.0 Å². The van der Waals surface area contributed by atoms with E-state index in [-0.39, 0.29) is 0 Å². The van der Waals surface area contributed by atoms with Crippen LogP contribution in [0.25, 0.3) is 11.2 Å². The summed E-state index contributed by atoms with van der Waals surface area (Å²) in [6, 6.07) is 9.40. The van der Waals surface area contributed by atoms with E-state index in [4.69, 9.17) is 0 Å². The molecule has 1 unspecified atom stereocenters. The van der Waals surface area contributed by atoms with Crippen LogP contribution in [-0.2, 0) is 0 Å². The molecule has 0 aliphatic rings. The van der Waals surface area contributed by atoms with E-state index in [1.807, 2.05) is 36.6 Å². The molecule has 3 rings (SSSR count). The van der Waals surface area contributed by atoms with Gasteiger partial charge in [-0.2, -0.15) is 0 Å². The molecule has 5 nitrogen and oxygen atoms in total. The van der Waals surface area contributed by atoms with Gasteiger partial charge in [0.05, 0.1) is 0 Å². The number of H-pyrrole nitrogens is 1. The van der Waals surface area contributed by atoms with Gasteiger partial charge in [0, 0.05) is 0 Å². The minimum atomic E-state index is -0.787. The van der Waals surface area contributed by atoms with Crippen LogP contribution in [0.15, 0.2) is 41.7 Å². The largest absolute Gasteiger partial charge is 0.380 e. The number of hydrogen-bond donors (Lipinski definition) is 2. The first-order valence-electron chi connectivity index (χ1n) is 5.77. The Morgan fingerprint density at radius 2 is 2.00 bits per heavy atom. The zero-order valence-corrected chi connectivity index (χ0v) is 11.1. The highest BCUT2D eigenvalue weighted by Crippen LogP contribution is 2.25. The summed E-state index contributed by atoms with van der Waals surface area (Å²) in [5.74, 6) is 0.483. The maximum atomic E-state index is 10.3. The standard InChI is InChI=1S/C13H12N4OS/c1-19-13-9-11(14-7-15-13)17-12(16-9)10(18)8-5-3-2-4-6-8/h2-7,10,18H,1H3,(H,14,15,16,17). The lowest BCUT2D eigenvalue weighted by molar-refractivity contribution is 0.211. The lowest BCUT2D eigenvalue weighted by Crippen LogP contribution is -2.01. The fourth-order valence-electron chi connectivity index (χ4n) is 1.90. The number of thioether (sulfide) groups is 1. The predicted molar refractivity (Wildman–Crippen MR) is 74.0 cm³/mol. The van der Waals surface area contributed by atoms with Gasteiger partial charge in [0.2, 0.25) is 0 Å². The average molecular weight is 272 g/mol. The van der Waals surface area contributed by atoms with Crippen molar-refractivity contribution in [3.8, 4) is 0 Å². The minimum absolute atomic E-state index is 0.483. The first-order valence-corrected chi connectivity index (χ1v) is 6.99. The summed E-state index contributed by atoms with van der Waals surface area (Å²) in [6.45, 7) is 0. The molecule has 0 radical (unpaired) electrons. The van der Waals surface area contributed by atoms with Gasteiger partial charge in [-0.1, -0.05) is 30.3 Å². The van der Waals surface area contributed by atoms with Gasteiger partial charge in [-0.3, -0.25) is 0 Å². The van der Waals surface area contributed by atoms with Crippen LogP contribution in [0.5, 0.6) is 0 Å². The van der Waals surface area contributed by atoms with Crippen LogP contribution < -0.4 is 0 Å². The fraction of sp³-hybridized carbons (Fsp3) is 0.154. The van der Waals surface area contributed by atoms with E-state index in [0.29, 0.717) is 11.5 Å². The Labute approximate surface area is 114 Å². The SMILES string of the molecule is CSc1ncnc2nc(C(O)c3ccccc3)[nH]c12. The molecule has 0 bridgehead atoms. The van der Waals surface area contributed by atoms with Crippen LogP contribution in [-0.4, -0.2) is 31.3 Å². The molecule has 1 aromatic carbocycles. The molecule has 0 aliphatic carbocycles. The van der Waals surface area contributed by atoms with Crippen molar-refractivity contribution in [2.24, 2.45) is 0 Å². The summed E-state index contributed by atoms with van der Waals surface area (Å²) in [6.07, 6.45) is 2.63. The van der Waals surface area contributed by atoms with Crippen LogP contribution in [0, 0.1) is 0 Å². The van der Waals surface area contributed by atoms with Crippen molar-refractivity contribution >= 4 is 22.9 Å². The summed E-state index contributed by atoms with van der Waals surface area (Å²) in [5, 5.41) is 11.1. The molecule has 0 saturated heterocycles. The van der Waals surface area contributed by atoms with Crippen molar-refractivity contribution in [1.29, 1.82) is 0 Å². The molecule has 1 atom stereocenters. The molecule has 19 heavy (non-hydrogen) atoms. The van der Waals surface area contributed by atoms with Crippen molar-refractivity contribution in [2.75, 3.05) is 6.26 Å². The second-order valence-corrected chi connectivity index (χ2v) is 4.81. The topological polar surface area (TPSA) is 74.7 Å². The molecular weight excluding hydrogens is 260 g/mol. The molecule has 0 fully saturated rings. The molecular formula is C13H12N4OS. The van der Waals surface area contributed by atoms with Gasteiger partial charge in [0.1, 0.15) is 28.8 Å². The Morgan fingerprint density at radius 1 is 1.21 bits per heavy atom. The number of aromatic amines is 1. The van der Waals surface area contributed by atoms with Crippen molar-refractivity contribution in [2.45, 2.75) is 11.1 Å². The highest BCUT2D eigenvalue weighted by atomic mass is 32.2. The molecule has 6 heteroatoms. The van der Waals surface area contributed by atoms with Gasteiger partial charge in [0.25, 0.3) is 0 Å². The lowest BCUT2D eigenvalue weighted by atomic mass is 10.1. The Balaban J connectivity index is 2.06. The van der Waals surface area contributed by atoms with E-state index < -0.39 is 6.10 Å². The van der Waals surface area contributed by atoms with Crippen molar-refractivity contribution in [3.05, 3.63) is 48.0 Å². The molecule has 3 aromatic rings. The van der Waals surface area contributed by atoms with Crippen LogP contribution in [0.1, 0.15) is 17.5 Å². The Bertz CT molecular complexity index is 698. The number of fused-ring (bicyclic) bond motifs is 1. The summed E-state index contributed by atoms with van der Waals surface area (Å²) in [4.78, 5) is 15.7. The number of nitrogens with one attached hydrogen (secondary N) is 1. The number of imidazole rings is 1. The smallest absolute Gasteiger partial charge is 0.182 e. The second kappa shape index (κ2) is 4.99. The van der Waals surface area contributed by atoms with Crippen LogP contribution in [0.4, 0.5) is 0 Å². The minimum Gasteiger partial charge on any atom is -0.380 e. The van der Waals surface area contributed by atoms with Gasteiger partial charge in [0.15, 0.2) is 5.65 Å². The summed E-state index contributed by atoms with van der Waals surface area (Å²) in [5.41, 5.74) is 2.13. The highest BCUT2D eigenvalue weighted by Gasteiger charge is 2.16. The summed E-state index contributed by atoms with van der Waals surface area (Å²) >= 11 is 1.52. The molecule has 96 valence electrons. The Hall–Kier alpha value is -1.92. The van der Waals surface area contributed by atoms with E-state index in [1.165, 1.54) is 18.1 Å². The molecule has 2 heterocycles. The molecule has 2 aromatic heterocycles. The molecule has 0 saturated carbocycles. The second-order valence-electron chi connectivity index (χ2n) is 4.02. The number of nitrogens with zero attached hydrogens (tertiary/aromatic N) is 3. The third-order valence-corrected chi connectivity index (χ3v) is 3.54. The zero-order chi connectivity index (χ0) is 13.2. The fourth-order valence-corrected chi connectivity index (χ4v) is 2.40. The van der Waals surface area contributed by atoms with Crippen molar-refractivity contribution < 1.29 is 5.11 Å². The van der Waals surface area contributed by atoms with Gasteiger partial charge >= 0.3 is 0 Å². The van der Waals surface area contributed by atoms with Crippen LogP contribution in [0.2, 0.25) is 0 Å². The average Bonchev–Trinajstić information content (AvgIpc) is 2.91. The molecule has 0 spiro atoms. The number of aromatic nitrogens is 4. The third kappa shape index (κ3) is 2.20. The monoisotopic (exact) mass is 272 g/mol. The van der Waals surface area contributed by atoms with Gasteiger partial charge in [-0.15, -0.1) is 11.8 Å². The molecule has 0 aliphatic heterocycles. The number of hydrogen-bond acceptors (Lipinski definition) is 5. The van der Waals surface area contributed by atoms with Gasteiger partial charge in [-0.05, 0) is 11.8 Å². The Kier molecular flexibility index (Phi) is 3.18. The summed E-state index contributed by atoms with van der Waals surface area (Å²) < 4.78 is 0. The van der Waals surface area contributed by atoms with E-state index in [9.17, 15) is 5.11 Å². The van der Waals surface area contributed by atoms with E-state index in [2.05, 4.69) is 19.9 Å². The van der Waals surface area contributed by atoms with Crippen LogP contribution in [0.3, 0.4) is 0 Å². The van der Waals surface area contributed by atoms with Crippen molar-refractivity contribution in [3.63, 3.8) is 0 Å². The lowest BCUT2D eigenvalue weighted by Gasteiger charge is -2.06. The maximum Gasteiger partial charge on any atom is 0.182 e. The van der Waals surface area contributed by atoms with E-state index in [1.54, 1.807) is 0 Å². The summed E-state index contributed by atoms with van der Waals surface area (Å²) in [7, 11) is 0.